The Hall–Kier alpha value is -1.44. The first-order valence-corrected chi connectivity index (χ1v) is 11.2. The minimum absolute atomic E-state index is 0.0824. The van der Waals surface area contributed by atoms with Crippen LogP contribution in [-0.2, 0) is 14.8 Å². The van der Waals surface area contributed by atoms with Crippen molar-refractivity contribution in [1.82, 2.24) is 9.21 Å². The van der Waals surface area contributed by atoms with Crippen LogP contribution in [0.3, 0.4) is 0 Å². The molecule has 0 spiro atoms. The van der Waals surface area contributed by atoms with Gasteiger partial charge in [-0.15, -0.1) is 0 Å². The Bertz CT molecular complexity index is 772. The highest BCUT2D eigenvalue weighted by Crippen LogP contribution is 2.36. The molecule has 2 fully saturated rings. The van der Waals surface area contributed by atoms with E-state index in [0.29, 0.717) is 10.6 Å². The maximum absolute atomic E-state index is 13.3. The van der Waals surface area contributed by atoms with E-state index in [-0.39, 0.29) is 18.0 Å². The van der Waals surface area contributed by atoms with E-state index in [0.717, 1.165) is 38.8 Å². The average Bonchev–Trinajstić information content (AvgIpc) is 3.41. The third kappa shape index (κ3) is 4.70. The third-order valence-corrected chi connectivity index (χ3v) is 7.34. The van der Waals surface area contributed by atoms with Crippen LogP contribution < -0.4 is 5.32 Å². The molecule has 150 valence electrons. The van der Waals surface area contributed by atoms with Crippen LogP contribution in [-0.4, -0.2) is 55.8 Å². The molecule has 1 aliphatic carbocycles. The fourth-order valence-corrected chi connectivity index (χ4v) is 5.35. The SMILES string of the molecule is CN1CCC(N(C2CC2)S(=O)(=O)c2ccc(NC(=O)C(C)(C)C)cc2)CC1. The molecule has 0 aromatic heterocycles. The zero-order valence-electron chi connectivity index (χ0n) is 16.7. The number of hydrogen-bond acceptors (Lipinski definition) is 4. The Kier molecular flexibility index (Phi) is 5.66. The van der Waals surface area contributed by atoms with E-state index in [1.807, 2.05) is 20.8 Å². The van der Waals surface area contributed by atoms with Crippen LogP contribution >= 0.6 is 0 Å². The Balaban J connectivity index is 1.78. The minimum Gasteiger partial charge on any atom is -0.326 e. The summed E-state index contributed by atoms with van der Waals surface area (Å²) in [4.78, 5) is 14.7. The molecule has 7 heteroatoms. The van der Waals surface area contributed by atoms with Crippen molar-refractivity contribution in [3.63, 3.8) is 0 Å². The van der Waals surface area contributed by atoms with Crippen molar-refractivity contribution in [2.75, 3.05) is 25.5 Å². The molecule has 1 heterocycles. The molecule has 0 radical (unpaired) electrons. The van der Waals surface area contributed by atoms with Crippen molar-refractivity contribution < 1.29 is 13.2 Å². The van der Waals surface area contributed by atoms with Crippen LogP contribution in [0.4, 0.5) is 5.69 Å². The third-order valence-electron chi connectivity index (χ3n) is 5.32. The van der Waals surface area contributed by atoms with Crippen molar-refractivity contribution in [3.05, 3.63) is 24.3 Å². The summed E-state index contributed by atoms with van der Waals surface area (Å²) in [5, 5.41) is 2.84. The lowest BCUT2D eigenvalue weighted by Crippen LogP contribution is -2.47. The molecule has 1 aliphatic heterocycles. The Morgan fingerprint density at radius 3 is 2.04 bits per heavy atom. The topological polar surface area (TPSA) is 69.7 Å². The molecule has 27 heavy (non-hydrogen) atoms. The number of carbonyl (C=O) groups excluding carboxylic acids is 1. The van der Waals surface area contributed by atoms with Gasteiger partial charge >= 0.3 is 0 Å². The summed E-state index contributed by atoms with van der Waals surface area (Å²) in [5.74, 6) is -0.0935. The number of piperidine rings is 1. The summed E-state index contributed by atoms with van der Waals surface area (Å²) in [6.45, 7) is 7.39. The van der Waals surface area contributed by atoms with E-state index in [4.69, 9.17) is 0 Å². The largest absolute Gasteiger partial charge is 0.326 e. The van der Waals surface area contributed by atoms with Gasteiger partial charge in [-0.2, -0.15) is 4.31 Å². The second-order valence-electron chi connectivity index (χ2n) is 8.83. The Morgan fingerprint density at radius 2 is 1.56 bits per heavy atom. The van der Waals surface area contributed by atoms with Gasteiger partial charge in [0.25, 0.3) is 0 Å². The monoisotopic (exact) mass is 393 g/mol. The van der Waals surface area contributed by atoms with E-state index in [9.17, 15) is 13.2 Å². The zero-order valence-corrected chi connectivity index (χ0v) is 17.6. The summed E-state index contributed by atoms with van der Waals surface area (Å²) in [6.07, 6.45) is 3.66. The minimum atomic E-state index is -3.53. The van der Waals surface area contributed by atoms with Gasteiger partial charge < -0.3 is 10.2 Å². The summed E-state index contributed by atoms with van der Waals surface area (Å²) < 4.78 is 28.4. The molecule has 1 aromatic carbocycles. The van der Waals surface area contributed by atoms with Crippen molar-refractivity contribution >= 4 is 21.6 Å². The van der Waals surface area contributed by atoms with Gasteiger partial charge in [0.2, 0.25) is 15.9 Å². The van der Waals surface area contributed by atoms with E-state index in [1.54, 1.807) is 28.6 Å². The summed E-state index contributed by atoms with van der Waals surface area (Å²) in [6, 6.07) is 6.80. The average molecular weight is 394 g/mol. The van der Waals surface area contributed by atoms with Gasteiger partial charge in [-0.05, 0) is 70.1 Å². The number of nitrogens with zero attached hydrogens (tertiary/aromatic N) is 2. The number of anilines is 1. The second kappa shape index (κ2) is 7.53. The quantitative estimate of drug-likeness (QED) is 0.835. The molecule has 0 atom stereocenters. The van der Waals surface area contributed by atoms with E-state index >= 15 is 0 Å². The molecular weight excluding hydrogens is 362 g/mol. The highest BCUT2D eigenvalue weighted by Gasteiger charge is 2.43. The molecule has 0 unspecified atom stereocenters. The number of hydrogen-bond donors (Lipinski definition) is 1. The van der Waals surface area contributed by atoms with Crippen molar-refractivity contribution in [2.45, 2.75) is 63.4 Å². The molecule has 2 aliphatic rings. The lowest BCUT2D eigenvalue weighted by atomic mass is 9.95. The van der Waals surface area contributed by atoms with Crippen LogP contribution in [0.1, 0.15) is 46.5 Å². The number of carbonyl (C=O) groups is 1. The van der Waals surface area contributed by atoms with Crippen molar-refractivity contribution in [2.24, 2.45) is 5.41 Å². The van der Waals surface area contributed by atoms with Gasteiger partial charge in [0, 0.05) is 23.2 Å². The maximum Gasteiger partial charge on any atom is 0.243 e. The normalized spacial score (nSPS) is 20.0. The standard InChI is InChI=1S/C20H31N3O3S/c1-20(2,3)19(24)21-15-5-9-18(10-6-15)27(25,26)23(16-7-8-16)17-11-13-22(4)14-12-17/h5-6,9-10,16-17H,7-8,11-14H2,1-4H3,(H,21,24). The first kappa shape index (κ1) is 20.3. The highest BCUT2D eigenvalue weighted by molar-refractivity contribution is 7.89. The van der Waals surface area contributed by atoms with Crippen molar-refractivity contribution in [3.8, 4) is 0 Å². The molecule has 3 rings (SSSR count). The molecule has 1 saturated carbocycles. The first-order valence-electron chi connectivity index (χ1n) is 9.72. The highest BCUT2D eigenvalue weighted by atomic mass is 32.2. The molecule has 0 bridgehead atoms. The van der Waals surface area contributed by atoms with Crippen molar-refractivity contribution in [1.29, 1.82) is 0 Å². The summed E-state index contributed by atoms with van der Waals surface area (Å²) in [5.41, 5.74) is 0.118. The number of sulfonamides is 1. The molecule has 1 amide bonds. The number of nitrogens with one attached hydrogen (secondary N) is 1. The predicted octanol–water partition coefficient (Wildman–Crippen LogP) is 2.92. The fourth-order valence-electron chi connectivity index (χ4n) is 3.42. The second-order valence-corrected chi connectivity index (χ2v) is 10.7. The Labute approximate surface area is 163 Å². The van der Waals surface area contributed by atoms with Crippen LogP contribution in [0.15, 0.2) is 29.2 Å². The lowest BCUT2D eigenvalue weighted by molar-refractivity contribution is -0.123. The molecule has 1 N–H and O–H groups in total. The smallest absolute Gasteiger partial charge is 0.243 e. The summed E-state index contributed by atoms with van der Waals surface area (Å²) in [7, 11) is -1.45. The van der Waals surface area contributed by atoms with Gasteiger partial charge in [-0.1, -0.05) is 20.8 Å². The van der Waals surface area contributed by atoms with Gasteiger partial charge in [0.1, 0.15) is 0 Å². The molecule has 6 nitrogen and oxygen atoms in total. The number of likely N-dealkylation sites (tertiary alicyclic amines) is 1. The zero-order chi connectivity index (χ0) is 19.8. The first-order chi connectivity index (χ1) is 12.6. The van der Waals surface area contributed by atoms with Crippen LogP contribution in [0.5, 0.6) is 0 Å². The molecular formula is C20H31N3O3S. The van der Waals surface area contributed by atoms with Crippen LogP contribution in [0.2, 0.25) is 0 Å². The van der Waals surface area contributed by atoms with E-state index in [2.05, 4.69) is 17.3 Å². The predicted molar refractivity (Wildman–Crippen MR) is 107 cm³/mol. The summed E-state index contributed by atoms with van der Waals surface area (Å²) >= 11 is 0. The van der Waals surface area contributed by atoms with Gasteiger partial charge in [0.05, 0.1) is 4.90 Å². The molecule has 1 saturated heterocycles. The van der Waals surface area contributed by atoms with Crippen LogP contribution in [0, 0.1) is 5.41 Å². The Morgan fingerprint density at radius 1 is 1.04 bits per heavy atom. The van der Waals surface area contributed by atoms with Gasteiger partial charge in [-0.3, -0.25) is 4.79 Å². The van der Waals surface area contributed by atoms with E-state index < -0.39 is 15.4 Å². The van der Waals surface area contributed by atoms with E-state index in [1.165, 1.54) is 0 Å². The lowest BCUT2D eigenvalue weighted by Gasteiger charge is -2.36. The maximum atomic E-state index is 13.3. The van der Waals surface area contributed by atoms with Crippen LogP contribution in [0.25, 0.3) is 0 Å². The molecule has 1 aromatic rings. The van der Waals surface area contributed by atoms with Gasteiger partial charge in [0.15, 0.2) is 0 Å². The number of amides is 1. The van der Waals surface area contributed by atoms with Gasteiger partial charge in [-0.25, -0.2) is 8.42 Å². The fraction of sp³-hybridized carbons (Fsp3) is 0.650. The number of benzene rings is 1. The number of rotatable bonds is 5.